The minimum absolute atomic E-state index is 0.602. The summed E-state index contributed by atoms with van der Waals surface area (Å²) in [6, 6.07) is 0. The molecule has 6 atom stereocenters. The van der Waals surface area contributed by atoms with Crippen LogP contribution in [0.15, 0.2) is 20.0 Å². The molecule has 34 heavy (non-hydrogen) atoms. The molecule has 0 aromatic carbocycles. The van der Waals surface area contributed by atoms with Crippen molar-refractivity contribution in [3.63, 3.8) is 0 Å². The first-order chi connectivity index (χ1) is 16.5. The van der Waals surface area contributed by atoms with Crippen LogP contribution in [0, 0.1) is 0 Å². The predicted molar refractivity (Wildman–Crippen MR) is 152 cm³/mol. The molecule has 0 radical (unpaired) electrons. The van der Waals surface area contributed by atoms with E-state index in [2.05, 4.69) is 48.3 Å². The molecule has 0 bridgehead atoms. The van der Waals surface area contributed by atoms with E-state index in [1.54, 1.807) is 0 Å². The molecule has 0 fully saturated rings. The number of thioether (sulfide) groups is 4. The van der Waals surface area contributed by atoms with E-state index in [1.165, 1.54) is 30.5 Å². The normalized spacial score (nSPS) is 30.8. The summed E-state index contributed by atoms with van der Waals surface area (Å²) < 4.78 is 0. The largest absolute Gasteiger partial charge is 0.287 e. The van der Waals surface area contributed by atoms with Gasteiger partial charge < -0.3 is 0 Å². The fourth-order valence-electron chi connectivity index (χ4n) is 4.29. The number of quaternary nitrogens is 4. The molecule has 4 aliphatic rings. The number of nitrogens with two attached hydrogens (primary N) is 2. The molecule has 0 saturated carbocycles. The molecule has 0 aromatic rings. The van der Waals surface area contributed by atoms with Gasteiger partial charge in [0.1, 0.15) is 39.3 Å². The molecule has 4 rings (SSSR count). The van der Waals surface area contributed by atoms with E-state index in [4.69, 9.17) is 9.98 Å². The van der Waals surface area contributed by atoms with Crippen LogP contribution < -0.4 is 20.4 Å². The second kappa shape index (κ2) is 13.5. The summed E-state index contributed by atoms with van der Waals surface area (Å²) in [5.41, 5.74) is 0. The highest BCUT2D eigenvalue weighted by Gasteiger charge is 2.31. The summed E-state index contributed by atoms with van der Waals surface area (Å²) in [7, 11) is 0. The second-order valence-electron chi connectivity index (χ2n) is 9.56. The molecule has 0 amide bonds. The topological polar surface area (TPSA) is 91.5 Å². The molecule has 0 aliphatic carbocycles. The Kier molecular flexibility index (Phi) is 10.7. The lowest BCUT2D eigenvalue weighted by Crippen LogP contribution is -3.24. The lowest BCUT2D eigenvalue weighted by molar-refractivity contribution is -0.874. The maximum Gasteiger partial charge on any atom is 0.258 e. The summed E-state index contributed by atoms with van der Waals surface area (Å²) in [6.45, 7) is 19.4. The Morgan fingerprint density at radius 2 is 0.971 bits per heavy atom. The fraction of sp³-hybridized carbons (Fsp3) is 0.818. The molecule has 0 aromatic heterocycles. The van der Waals surface area contributed by atoms with Crippen LogP contribution in [0.5, 0.6) is 0 Å². The first-order valence-electron chi connectivity index (χ1n) is 12.7. The van der Waals surface area contributed by atoms with E-state index in [1.807, 2.05) is 47.0 Å². The van der Waals surface area contributed by atoms with Gasteiger partial charge in [-0.05, 0) is 47.0 Å². The van der Waals surface area contributed by atoms with Crippen molar-refractivity contribution in [3.05, 3.63) is 0 Å². The van der Waals surface area contributed by atoms with E-state index in [9.17, 15) is 0 Å². The molecule has 0 spiro atoms. The molecule has 8 nitrogen and oxygen atoms in total. The number of nitrogens with one attached hydrogen (secondary N) is 2. The molecular weight excluding hydrogens is 505 g/mol. The van der Waals surface area contributed by atoms with Crippen LogP contribution in [0.1, 0.15) is 27.7 Å². The van der Waals surface area contributed by atoms with Crippen molar-refractivity contribution in [2.45, 2.75) is 48.7 Å². The number of rotatable bonds is 9. The third-order valence-electron chi connectivity index (χ3n) is 6.13. The van der Waals surface area contributed by atoms with Crippen molar-refractivity contribution < 1.29 is 20.4 Å². The summed E-state index contributed by atoms with van der Waals surface area (Å²) >= 11 is 7.77. The Morgan fingerprint density at radius 3 is 1.29 bits per heavy atom. The first kappa shape index (κ1) is 27.0. The van der Waals surface area contributed by atoms with Crippen molar-refractivity contribution in [2.75, 3.05) is 65.4 Å². The van der Waals surface area contributed by atoms with Crippen LogP contribution in [0.3, 0.4) is 0 Å². The highest BCUT2D eigenvalue weighted by molar-refractivity contribution is 8.14. The Morgan fingerprint density at radius 1 is 0.588 bits per heavy atom. The first-order valence-corrected chi connectivity index (χ1v) is 16.2. The van der Waals surface area contributed by atoms with Crippen molar-refractivity contribution in [2.24, 2.45) is 20.0 Å². The zero-order valence-electron chi connectivity index (χ0n) is 21.0. The minimum Gasteiger partial charge on any atom is -0.287 e. The monoisotopic (exact) mass is 546 g/mol. The summed E-state index contributed by atoms with van der Waals surface area (Å²) in [5, 5.41) is 12.2. The quantitative estimate of drug-likeness (QED) is 0.265. The smallest absolute Gasteiger partial charge is 0.258 e. The summed E-state index contributed by atoms with van der Waals surface area (Å²) in [6.07, 6.45) is 0. The van der Waals surface area contributed by atoms with Gasteiger partial charge >= 0.3 is 0 Å². The summed E-state index contributed by atoms with van der Waals surface area (Å²) in [5.74, 6) is 0. The molecule has 6 unspecified atom stereocenters. The van der Waals surface area contributed by atoms with Crippen LogP contribution in [0.2, 0.25) is 0 Å². The fourth-order valence-corrected chi connectivity index (χ4v) is 8.24. The van der Waals surface area contributed by atoms with Crippen LogP contribution in [0.25, 0.3) is 0 Å². The Labute approximate surface area is 221 Å². The average Bonchev–Trinajstić information content (AvgIpc) is 3.59. The van der Waals surface area contributed by atoms with Crippen molar-refractivity contribution in [1.82, 2.24) is 0 Å². The maximum absolute atomic E-state index is 4.91. The molecule has 12 heteroatoms. The number of nitrogens with zero attached hydrogens (tertiary/aromatic N) is 4. The summed E-state index contributed by atoms with van der Waals surface area (Å²) in [4.78, 5) is 22.2. The molecule has 190 valence electrons. The lowest BCUT2D eigenvalue weighted by Gasteiger charge is -2.22. The maximum atomic E-state index is 4.91. The highest BCUT2D eigenvalue weighted by atomic mass is 32.2. The lowest BCUT2D eigenvalue weighted by atomic mass is 10.4. The van der Waals surface area contributed by atoms with Crippen LogP contribution >= 0.6 is 47.0 Å². The van der Waals surface area contributed by atoms with Gasteiger partial charge in [-0.3, -0.25) is 20.4 Å². The number of aliphatic imine (C=N–C) groups is 4. The van der Waals surface area contributed by atoms with Gasteiger partial charge in [-0.2, -0.15) is 0 Å². The van der Waals surface area contributed by atoms with Gasteiger partial charge in [-0.15, -0.1) is 0 Å². The van der Waals surface area contributed by atoms with E-state index in [-0.39, 0.29) is 0 Å². The van der Waals surface area contributed by atoms with E-state index >= 15 is 0 Å². The molecular formula is C22H42N8S4+4. The SMILES string of the molecule is CC1CN=C([NH2+]CC[NH+](CC[NH+](CC[NH2+]C2=NCC(C)S2)C2=NCC(C)S2)C2=NCC(C)S2)S1. The van der Waals surface area contributed by atoms with Crippen LogP contribution in [-0.4, -0.2) is 107 Å². The zero-order valence-corrected chi connectivity index (χ0v) is 24.2. The Hall–Kier alpha value is -0.0800. The van der Waals surface area contributed by atoms with Gasteiger partial charge in [0.25, 0.3) is 20.7 Å². The van der Waals surface area contributed by atoms with Crippen LogP contribution in [-0.2, 0) is 0 Å². The molecule has 6 N–H and O–H groups in total. The van der Waals surface area contributed by atoms with Crippen molar-refractivity contribution in [3.8, 4) is 0 Å². The van der Waals surface area contributed by atoms with Crippen molar-refractivity contribution >= 4 is 67.7 Å². The minimum atomic E-state index is 0.602. The highest BCUT2D eigenvalue weighted by Crippen LogP contribution is 2.18. The Bertz CT molecular complexity index is 751. The third-order valence-corrected chi connectivity index (χ3v) is 10.7. The standard InChI is InChI=1S/C22H38N8S4/c1-15-11-25-19(31-15)23-5-7-29(21-27-13-17(3)33-21)9-10-30(22-28-14-18(4)34-22)8-6-24-20-26-12-16(2)32-20/h15-18H,5-14H2,1-4H3,(H,23,25)(H,24,26)/p+4. The average molecular weight is 547 g/mol. The molecule has 4 heterocycles. The van der Waals surface area contributed by atoms with Crippen LogP contribution in [0.4, 0.5) is 0 Å². The van der Waals surface area contributed by atoms with E-state index in [0.29, 0.717) is 21.0 Å². The van der Waals surface area contributed by atoms with Gasteiger partial charge in [0, 0.05) is 21.0 Å². The van der Waals surface area contributed by atoms with Gasteiger partial charge in [0.05, 0.1) is 26.2 Å². The molecule has 0 saturated heterocycles. The van der Waals surface area contributed by atoms with Gasteiger partial charge in [0.2, 0.25) is 0 Å². The Balaban J connectivity index is 1.31. The van der Waals surface area contributed by atoms with Gasteiger partial charge in [-0.1, -0.05) is 27.7 Å². The molecule has 4 aliphatic heterocycles. The predicted octanol–water partition coefficient (Wildman–Crippen LogP) is -2.15. The number of hydrogen-bond donors (Lipinski definition) is 4. The van der Waals surface area contributed by atoms with Crippen molar-refractivity contribution in [1.29, 1.82) is 0 Å². The van der Waals surface area contributed by atoms with Gasteiger partial charge in [-0.25, -0.2) is 20.0 Å². The zero-order chi connectivity index (χ0) is 23.9. The van der Waals surface area contributed by atoms with E-state index in [0.717, 1.165) is 65.4 Å². The second-order valence-corrected chi connectivity index (χ2v) is 15.3. The van der Waals surface area contributed by atoms with Gasteiger partial charge in [0.15, 0.2) is 0 Å². The van der Waals surface area contributed by atoms with E-state index < -0.39 is 0 Å². The number of hydrogen-bond acceptors (Lipinski definition) is 8. The number of amidine groups is 4. The third kappa shape index (κ3) is 8.22.